The molecule has 35 heavy (non-hydrogen) atoms. The van der Waals surface area contributed by atoms with Gasteiger partial charge in [0.1, 0.15) is 30.4 Å². The van der Waals surface area contributed by atoms with Crippen molar-refractivity contribution in [3.8, 4) is 5.75 Å². The lowest BCUT2D eigenvalue weighted by atomic mass is 10.1. The molecule has 3 aromatic rings. The predicted molar refractivity (Wildman–Crippen MR) is 138 cm³/mol. The summed E-state index contributed by atoms with van der Waals surface area (Å²) in [5.41, 5.74) is 2.92. The number of benzene rings is 3. The van der Waals surface area contributed by atoms with E-state index in [1.807, 2.05) is 37.3 Å². The molecule has 0 unspecified atom stereocenters. The minimum absolute atomic E-state index is 0.0282. The van der Waals surface area contributed by atoms with Crippen molar-refractivity contribution in [2.45, 2.75) is 13.5 Å². The highest BCUT2D eigenvalue weighted by Gasteiger charge is 2.35. The number of nitrogens with zero attached hydrogens (tertiary/aromatic N) is 1. The molecule has 4 amide bonds. The maximum absolute atomic E-state index is 13.7. The molecule has 1 fully saturated rings. The van der Waals surface area contributed by atoms with Gasteiger partial charge in [-0.25, -0.2) is 14.1 Å². The number of ether oxygens (including phenoxy) is 1. The van der Waals surface area contributed by atoms with Gasteiger partial charge in [0.05, 0.1) is 9.26 Å². The molecule has 7 nitrogen and oxygen atoms in total. The summed E-state index contributed by atoms with van der Waals surface area (Å²) < 4.78 is 20.5. The highest BCUT2D eigenvalue weighted by atomic mass is 127. The number of anilines is 1. The molecule has 0 bridgehead atoms. The second kappa shape index (κ2) is 10.7. The number of carbonyl (C=O) groups excluding carboxylic acids is 3. The zero-order valence-electron chi connectivity index (χ0n) is 18.7. The van der Waals surface area contributed by atoms with Crippen molar-refractivity contribution in [1.29, 1.82) is 0 Å². The fourth-order valence-electron chi connectivity index (χ4n) is 3.35. The number of carbonyl (C=O) groups is 3. The minimum atomic E-state index is -0.724. The van der Waals surface area contributed by atoms with Crippen molar-refractivity contribution in [2.24, 2.45) is 0 Å². The largest absolute Gasteiger partial charge is 0.488 e. The van der Waals surface area contributed by atoms with Crippen molar-refractivity contribution in [3.05, 3.63) is 98.5 Å². The normalized spacial score (nSPS) is 14.3. The van der Waals surface area contributed by atoms with Crippen LogP contribution in [0.15, 0.2) is 72.4 Å². The Morgan fingerprint density at radius 1 is 1.11 bits per heavy atom. The Morgan fingerprint density at radius 2 is 1.86 bits per heavy atom. The van der Waals surface area contributed by atoms with Crippen LogP contribution >= 0.6 is 22.6 Å². The van der Waals surface area contributed by atoms with Crippen LogP contribution in [0.2, 0.25) is 0 Å². The Labute approximate surface area is 215 Å². The van der Waals surface area contributed by atoms with E-state index in [0.29, 0.717) is 17.9 Å². The van der Waals surface area contributed by atoms with Crippen LogP contribution in [0.1, 0.15) is 16.7 Å². The summed E-state index contributed by atoms with van der Waals surface area (Å²) >= 11 is 2.14. The molecule has 0 aromatic heterocycles. The average Bonchev–Trinajstić information content (AvgIpc) is 3.08. The number of aryl methyl sites for hydroxylation is 1. The molecule has 1 heterocycles. The van der Waals surface area contributed by atoms with Crippen molar-refractivity contribution < 1.29 is 23.5 Å². The maximum atomic E-state index is 13.7. The lowest BCUT2D eigenvalue weighted by molar-refractivity contribution is -0.127. The molecule has 2 N–H and O–H groups in total. The first kappa shape index (κ1) is 24.4. The molecule has 0 saturated carbocycles. The third kappa shape index (κ3) is 6.04. The van der Waals surface area contributed by atoms with Gasteiger partial charge in [-0.1, -0.05) is 48.0 Å². The molecule has 178 valence electrons. The number of nitrogens with one attached hydrogen (secondary N) is 2. The van der Waals surface area contributed by atoms with Crippen LogP contribution in [0.3, 0.4) is 0 Å². The quantitative estimate of drug-likeness (QED) is 0.236. The lowest BCUT2D eigenvalue weighted by Crippen LogP contribution is -2.38. The van der Waals surface area contributed by atoms with Crippen LogP contribution < -0.4 is 15.4 Å². The van der Waals surface area contributed by atoms with E-state index in [1.165, 1.54) is 29.8 Å². The molecular weight excluding hydrogens is 564 g/mol. The number of amides is 4. The number of imide groups is 1. The third-order valence-corrected chi connectivity index (χ3v) is 6.04. The van der Waals surface area contributed by atoms with Crippen molar-refractivity contribution in [2.75, 3.05) is 11.9 Å². The predicted octanol–water partition coefficient (Wildman–Crippen LogP) is 4.85. The number of rotatable bonds is 7. The van der Waals surface area contributed by atoms with Crippen LogP contribution in [0.4, 0.5) is 14.9 Å². The first-order chi connectivity index (χ1) is 16.8. The molecule has 1 saturated heterocycles. The molecular formula is C26H21FIN3O4. The molecule has 4 rings (SSSR count). The topological polar surface area (TPSA) is 87.7 Å². The van der Waals surface area contributed by atoms with Crippen LogP contribution in [0.5, 0.6) is 5.75 Å². The van der Waals surface area contributed by atoms with Gasteiger partial charge in [-0.2, -0.15) is 0 Å². The number of hydrogen-bond acceptors (Lipinski definition) is 4. The Morgan fingerprint density at radius 3 is 2.57 bits per heavy atom. The lowest BCUT2D eigenvalue weighted by Gasteiger charge is -2.12. The second-order valence-corrected chi connectivity index (χ2v) is 9.03. The Balaban J connectivity index is 1.40. The van der Waals surface area contributed by atoms with Gasteiger partial charge in [-0.3, -0.25) is 9.59 Å². The summed E-state index contributed by atoms with van der Waals surface area (Å²) in [7, 11) is 0. The van der Waals surface area contributed by atoms with Crippen molar-refractivity contribution >= 4 is 52.2 Å². The average molecular weight is 585 g/mol. The Kier molecular flexibility index (Phi) is 7.45. The smallest absolute Gasteiger partial charge is 0.329 e. The molecule has 3 aromatic carbocycles. The summed E-state index contributed by atoms with van der Waals surface area (Å²) in [5, 5.41) is 4.84. The number of para-hydroxylation sites is 1. The first-order valence-corrected chi connectivity index (χ1v) is 11.7. The van der Waals surface area contributed by atoms with Gasteiger partial charge >= 0.3 is 6.03 Å². The monoisotopic (exact) mass is 585 g/mol. The number of hydrogen-bond donors (Lipinski definition) is 2. The molecule has 0 aliphatic carbocycles. The SMILES string of the molecule is Cc1ccc(COc2ccc(/C=C3/NC(=O)N(CC(=O)Nc4ccccc4F)C3=O)cc2I)cc1. The van der Waals surface area contributed by atoms with Crippen LogP contribution in [-0.2, 0) is 16.2 Å². The van der Waals surface area contributed by atoms with E-state index in [9.17, 15) is 18.8 Å². The van der Waals surface area contributed by atoms with Crippen molar-refractivity contribution in [1.82, 2.24) is 10.2 Å². The van der Waals surface area contributed by atoms with E-state index < -0.39 is 30.2 Å². The molecule has 9 heteroatoms. The second-order valence-electron chi connectivity index (χ2n) is 7.87. The molecule has 1 aliphatic heterocycles. The summed E-state index contributed by atoms with van der Waals surface area (Å²) in [4.78, 5) is 38.0. The summed E-state index contributed by atoms with van der Waals surface area (Å²) in [6, 6.07) is 18.4. The fourth-order valence-corrected chi connectivity index (χ4v) is 4.04. The Hall–Kier alpha value is -3.73. The standard InChI is InChI=1S/C26H21FIN3O4/c1-16-6-8-17(9-7-16)15-35-23-11-10-18(12-20(23)28)13-22-25(33)31(26(34)30-22)14-24(32)29-21-5-3-2-4-19(21)27/h2-13H,14-15H2,1H3,(H,29,32)(H,30,34)/b22-13+. The van der Waals surface area contributed by atoms with E-state index in [2.05, 4.69) is 33.2 Å². The van der Waals surface area contributed by atoms with Crippen LogP contribution in [0, 0.1) is 16.3 Å². The fraction of sp³-hybridized carbons (Fsp3) is 0.115. The van der Waals surface area contributed by atoms with E-state index in [1.54, 1.807) is 18.2 Å². The van der Waals surface area contributed by atoms with Gasteiger partial charge in [0.15, 0.2) is 0 Å². The van der Waals surface area contributed by atoms with Gasteiger partial charge in [-0.15, -0.1) is 0 Å². The van der Waals surface area contributed by atoms with Gasteiger partial charge < -0.3 is 15.4 Å². The number of urea groups is 1. The van der Waals surface area contributed by atoms with E-state index in [-0.39, 0.29) is 11.4 Å². The van der Waals surface area contributed by atoms with Gasteiger partial charge in [0, 0.05) is 0 Å². The molecule has 0 atom stereocenters. The first-order valence-electron chi connectivity index (χ1n) is 10.7. The zero-order chi connectivity index (χ0) is 24.9. The highest BCUT2D eigenvalue weighted by Crippen LogP contribution is 2.25. The Bertz CT molecular complexity index is 1320. The van der Waals surface area contributed by atoms with Gasteiger partial charge in [0.25, 0.3) is 5.91 Å². The summed E-state index contributed by atoms with van der Waals surface area (Å²) in [5.74, 6) is -1.25. The van der Waals surface area contributed by atoms with E-state index in [4.69, 9.17) is 4.74 Å². The zero-order valence-corrected chi connectivity index (χ0v) is 20.8. The van der Waals surface area contributed by atoms with E-state index in [0.717, 1.165) is 14.0 Å². The molecule has 1 aliphatic rings. The minimum Gasteiger partial charge on any atom is -0.488 e. The summed E-state index contributed by atoms with van der Waals surface area (Å²) in [6.07, 6.45) is 1.53. The number of halogens is 2. The van der Waals surface area contributed by atoms with Gasteiger partial charge in [-0.05, 0) is 71.0 Å². The molecule has 0 spiro atoms. The van der Waals surface area contributed by atoms with Crippen LogP contribution in [-0.4, -0.2) is 29.3 Å². The van der Waals surface area contributed by atoms with Crippen LogP contribution in [0.25, 0.3) is 6.08 Å². The maximum Gasteiger partial charge on any atom is 0.329 e. The molecule has 0 radical (unpaired) electrons. The highest BCUT2D eigenvalue weighted by molar-refractivity contribution is 14.1. The van der Waals surface area contributed by atoms with Gasteiger partial charge in [0.2, 0.25) is 5.91 Å². The third-order valence-electron chi connectivity index (χ3n) is 5.19. The summed E-state index contributed by atoms with van der Waals surface area (Å²) in [6.45, 7) is 1.91. The van der Waals surface area contributed by atoms with Crippen molar-refractivity contribution in [3.63, 3.8) is 0 Å². The van der Waals surface area contributed by atoms with E-state index >= 15 is 0 Å².